The Labute approximate surface area is 126 Å². The van der Waals surface area contributed by atoms with Gasteiger partial charge in [0.2, 0.25) is 0 Å². The number of rotatable bonds is 4. The second-order valence-corrected chi connectivity index (χ2v) is 5.31. The van der Waals surface area contributed by atoms with Crippen molar-refractivity contribution in [1.82, 2.24) is 0 Å². The molecule has 0 heterocycles. The van der Waals surface area contributed by atoms with Crippen molar-refractivity contribution in [3.63, 3.8) is 0 Å². The van der Waals surface area contributed by atoms with Crippen LogP contribution in [0.25, 0.3) is 10.8 Å². The standard InChI is InChI=1S/C16H17NO5/c1-8(2)3-4-10(18)9-7-13(21)14-11(19)5-6-12(20)15(14)16(9)17-22/h3,5-7,10,18-21H,4H2,1-2H3/t10-/m1/s1. The molecule has 0 aliphatic rings. The van der Waals surface area contributed by atoms with E-state index in [-0.39, 0.29) is 45.7 Å². The zero-order valence-corrected chi connectivity index (χ0v) is 12.2. The molecule has 4 N–H and O–H groups in total. The molecule has 0 amide bonds. The third-order valence-electron chi connectivity index (χ3n) is 3.42. The Bertz CT molecular complexity index is 763. The smallest absolute Gasteiger partial charge is 0.127 e. The van der Waals surface area contributed by atoms with Gasteiger partial charge in [0.05, 0.1) is 16.9 Å². The van der Waals surface area contributed by atoms with Crippen molar-refractivity contribution in [2.45, 2.75) is 26.4 Å². The number of phenols is 3. The van der Waals surface area contributed by atoms with Crippen LogP contribution in [0.3, 0.4) is 0 Å². The van der Waals surface area contributed by atoms with E-state index < -0.39 is 6.10 Å². The predicted octanol–water partition coefficient (Wildman–Crippen LogP) is 3.74. The molecule has 1 atom stereocenters. The maximum absolute atomic E-state index is 11.2. The Morgan fingerprint density at radius 1 is 1.14 bits per heavy atom. The molecule has 6 nitrogen and oxygen atoms in total. The van der Waals surface area contributed by atoms with Crippen molar-refractivity contribution in [1.29, 1.82) is 0 Å². The van der Waals surface area contributed by atoms with Crippen LogP contribution in [0.1, 0.15) is 31.9 Å². The quantitative estimate of drug-likeness (QED) is 0.390. The number of hydrogen-bond acceptors (Lipinski definition) is 6. The van der Waals surface area contributed by atoms with Crippen LogP contribution in [-0.4, -0.2) is 20.4 Å². The number of nitrogens with zero attached hydrogens (tertiary/aromatic N) is 1. The first-order valence-electron chi connectivity index (χ1n) is 6.72. The molecule has 0 aliphatic carbocycles. The van der Waals surface area contributed by atoms with Crippen molar-refractivity contribution in [2.75, 3.05) is 0 Å². The van der Waals surface area contributed by atoms with Gasteiger partial charge in [-0.2, -0.15) is 0 Å². The lowest BCUT2D eigenvalue weighted by Crippen LogP contribution is -1.97. The van der Waals surface area contributed by atoms with Crippen LogP contribution in [0, 0.1) is 4.91 Å². The van der Waals surface area contributed by atoms with Crippen molar-refractivity contribution >= 4 is 16.5 Å². The van der Waals surface area contributed by atoms with Gasteiger partial charge in [0, 0.05) is 5.56 Å². The van der Waals surface area contributed by atoms with Crippen molar-refractivity contribution < 1.29 is 20.4 Å². The van der Waals surface area contributed by atoms with Crippen LogP contribution in [0.2, 0.25) is 0 Å². The van der Waals surface area contributed by atoms with E-state index in [2.05, 4.69) is 5.18 Å². The number of aliphatic hydroxyl groups excluding tert-OH is 1. The fourth-order valence-corrected chi connectivity index (χ4v) is 2.34. The molecule has 2 aromatic rings. The summed E-state index contributed by atoms with van der Waals surface area (Å²) in [5.41, 5.74) is 0.888. The van der Waals surface area contributed by atoms with Crippen LogP contribution < -0.4 is 0 Å². The summed E-state index contributed by atoms with van der Waals surface area (Å²) < 4.78 is 0. The Morgan fingerprint density at radius 2 is 1.73 bits per heavy atom. The fourth-order valence-electron chi connectivity index (χ4n) is 2.34. The van der Waals surface area contributed by atoms with E-state index >= 15 is 0 Å². The van der Waals surface area contributed by atoms with Gasteiger partial charge in [0.15, 0.2) is 0 Å². The summed E-state index contributed by atoms with van der Waals surface area (Å²) in [5, 5.41) is 42.8. The first kappa shape index (κ1) is 15.8. The molecule has 0 radical (unpaired) electrons. The third kappa shape index (κ3) is 2.73. The lowest BCUT2D eigenvalue weighted by atomic mass is 9.96. The molecule has 0 saturated heterocycles. The second-order valence-electron chi connectivity index (χ2n) is 5.31. The summed E-state index contributed by atoms with van der Waals surface area (Å²) >= 11 is 0. The van der Waals surface area contributed by atoms with E-state index in [0.29, 0.717) is 0 Å². The van der Waals surface area contributed by atoms with Gasteiger partial charge in [-0.25, -0.2) is 0 Å². The molecule has 0 saturated carbocycles. The monoisotopic (exact) mass is 303 g/mol. The third-order valence-corrected chi connectivity index (χ3v) is 3.42. The molecule has 6 heteroatoms. The number of fused-ring (bicyclic) bond motifs is 1. The number of hydrogen-bond donors (Lipinski definition) is 4. The van der Waals surface area contributed by atoms with Crippen LogP contribution in [0.5, 0.6) is 17.2 Å². The van der Waals surface area contributed by atoms with Crippen LogP contribution in [0.15, 0.2) is 35.0 Å². The first-order chi connectivity index (χ1) is 10.4. The molecular weight excluding hydrogens is 286 g/mol. The molecule has 2 rings (SSSR count). The number of nitroso groups, excluding NO2 is 1. The molecule has 22 heavy (non-hydrogen) atoms. The topological polar surface area (TPSA) is 110 Å². The van der Waals surface area contributed by atoms with Gasteiger partial charge in [-0.05, 0) is 43.6 Å². The van der Waals surface area contributed by atoms with E-state index in [4.69, 9.17) is 0 Å². The van der Waals surface area contributed by atoms with Crippen molar-refractivity contribution in [2.24, 2.45) is 5.18 Å². The van der Waals surface area contributed by atoms with Crippen molar-refractivity contribution in [3.8, 4) is 17.2 Å². The van der Waals surface area contributed by atoms with Gasteiger partial charge < -0.3 is 20.4 Å². The lowest BCUT2D eigenvalue weighted by Gasteiger charge is -2.15. The summed E-state index contributed by atoms with van der Waals surface area (Å²) in [7, 11) is 0. The van der Waals surface area contributed by atoms with E-state index in [0.717, 1.165) is 5.57 Å². The zero-order chi connectivity index (χ0) is 16.4. The molecule has 0 spiro atoms. The summed E-state index contributed by atoms with van der Waals surface area (Å²) in [6, 6.07) is 3.57. The Morgan fingerprint density at radius 3 is 2.27 bits per heavy atom. The van der Waals surface area contributed by atoms with Crippen LogP contribution in [0.4, 0.5) is 5.69 Å². The molecule has 0 bridgehead atoms. The van der Waals surface area contributed by atoms with Gasteiger partial charge >= 0.3 is 0 Å². The summed E-state index contributed by atoms with van der Waals surface area (Å²) in [6.07, 6.45) is 0.942. The number of aliphatic hydroxyl groups is 1. The van der Waals surface area contributed by atoms with Gasteiger partial charge in [0.25, 0.3) is 0 Å². The largest absolute Gasteiger partial charge is 0.507 e. The normalized spacial score (nSPS) is 12.1. The number of phenolic OH excluding ortho intramolecular Hbond substituents is 3. The van der Waals surface area contributed by atoms with Crippen molar-refractivity contribution in [3.05, 3.63) is 40.3 Å². The van der Waals surface area contributed by atoms with E-state index in [1.165, 1.54) is 18.2 Å². The molecule has 0 unspecified atom stereocenters. The average Bonchev–Trinajstić information content (AvgIpc) is 2.47. The van der Waals surface area contributed by atoms with Gasteiger partial charge in [-0.1, -0.05) is 11.6 Å². The molecule has 0 aromatic heterocycles. The van der Waals surface area contributed by atoms with E-state index in [9.17, 15) is 25.3 Å². The summed E-state index contributed by atoms with van der Waals surface area (Å²) in [4.78, 5) is 11.2. The fraction of sp³-hybridized carbons (Fsp3) is 0.250. The molecule has 0 fully saturated rings. The minimum absolute atomic E-state index is 0.0761. The zero-order valence-electron chi connectivity index (χ0n) is 12.2. The molecule has 0 aliphatic heterocycles. The van der Waals surface area contributed by atoms with E-state index in [1.807, 2.05) is 13.8 Å². The Kier molecular flexibility index (Phi) is 4.32. The highest BCUT2D eigenvalue weighted by Crippen LogP contribution is 2.47. The van der Waals surface area contributed by atoms with E-state index in [1.54, 1.807) is 6.08 Å². The minimum atomic E-state index is -1.07. The highest BCUT2D eigenvalue weighted by molar-refractivity contribution is 6.05. The Balaban J connectivity index is 2.74. The SMILES string of the molecule is CC(C)=CC[C@@H](O)c1cc(O)c2c(O)ccc(O)c2c1N=O. The average molecular weight is 303 g/mol. The van der Waals surface area contributed by atoms with Crippen LogP contribution in [-0.2, 0) is 0 Å². The highest BCUT2D eigenvalue weighted by Gasteiger charge is 2.22. The van der Waals surface area contributed by atoms with Gasteiger partial charge in [0.1, 0.15) is 22.9 Å². The predicted molar refractivity (Wildman–Crippen MR) is 83.4 cm³/mol. The summed E-state index contributed by atoms with van der Waals surface area (Å²) in [6.45, 7) is 3.74. The summed E-state index contributed by atoms with van der Waals surface area (Å²) in [5.74, 6) is -0.948. The molecular formula is C16H17NO5. The maximum Gasteiger partial charge on any atom is 0.127 e. The number of aromatic hydroxyl groups is 3. The highest BCUT2D eigenvalue weighted by atomic mass is 16.3. The van der Waals surface area contributed by atoms with Gasteiger partial charge in [-0.3, -0.25) is 0 Å². The minimum Gasteiger partial charge on any atom is -0.507 e. The maximum atomic E-state index is 11.2. The Hall–Kier alpha value is -2.60. The van der Waals surface area contributed by atoms with Crippen LogP contribution >= 0.6 is 0 Å². The first-order valence-corrected chi connectivity index (χ1v) is 6.72. The second kappa shape index (κ2) is 6.03. The number of allylic oxidation sites excluding steroid dienone is 1. The lowest BCUT2D eigenvalue weighted by molar-refractivity contribution is 0.181. The molecule has 2 aromatic carbocycles. The number of benzene rings is 2. The molecule has 116 valence electrons. The van der Waals surface area contributed by atoms with Gasteiger partial charge in [-0.15, -0.1) is 4.91 Å².